The van der Waals surface area contributed by atoms with Crippen molar-refractivity contribution in [3.63, 3.8) is 0 Å². The number of sulfonamides is 1. The Labute approximate surface area is 127 Å². The first kappa shape index (κ1) is 15.3. The molecule has 0 aliphatic heterocycles. The normalized spacial score (nSPS) is 11.5. The fraction of sp³-hybridized carbons (Fsp3) is 0.231. The number of benzene rings is 1. The molecule has 0 radical (unpaired) electrons. The molecule has 0 aliphatic rings. The molecule has 0 bridgehead atoms. The average Bonchev–Trinajstić information content (AvgIpc) is 2.85. The molecule has 0 unspecified atom stereocenters. The zero-order valence-corrected chi connectivity index (χ0v) is 13.3. The fourth-order valence-corrected chi connectivity index (χ4v) is 4.17. The van der Waals surface area contributed by atoms with Crippen molar-refractivity contribution in [2.45, 2.75) is 17.7 Å². The van der Waals surface area contributed by atoms with E-state index in [4.69, 9.17) is 11.6 Å². The van der Waals surface area contributed by atoms with Gasteiger partial charge in [-0.1, -0.05) is 24.6 Å². The molecule has 4 nitrogen and oxygen atoms in total. The third-order valence-corrected chi connectivity index (χ3v) is 5.72. The number of halogens is 1. The Morgan fingerprint density at radius 3 is 2.75 bits per heavy atom. The van der Waals surface area contributed by atoms with Crippen molar-refractivity contribution in [2.24, 2.45) is 0 Å². The van der Waals surface area contributed by atoms with E-state index in [1.807, 2.05) is 13.0 Å². The highest BCUT2D eigenvalue weighted by molar-refractivity contribution is 7.94. The van der Waals surface area contributed by atoms with E-state index >= 15 is 0 Å². The summed E-state index contributed by atoms with van der Waals surface area (Å²) in [6.45, 7) is 3.53. The summed E-state index contributed by atoms with van der Waals surface area (Å²) in [5, 5.41) is 3.65. The van der Waals surface area contributed by atoms with Crippen LogP contribution in [0.2, 0.25) is 5.02 Å². The minimum atomic E-state index is -3.55. The lowest BCUT2D eigenvalue weighted by Crippen LogP contribution is -2.11. The maximum atomic E-state index is 12.2. The molecule has 108 valence electrons. The second-order valence-electron chi connectivity index (χ2n) is 4.12. The van der Waals surface area contributed by atoms with Gasteiger partial charge in [0, 0.05) is 16.4 Å². The zero-order chi connectivity index (χ0) is 14.6. The molecule has 0 spiro atoms. The van der Waals surface area contributed by atoms with Crippen LogP contribution < -0.4 is 10.0 Å². The van der Waals surface area contributed by atoms with E-state index in [-0.39, 0.29) is 0 Å². The van der Waals surface area contributed by atoms with Crippen molar-refractivity contribution in [1.29, 1.82) is 0 Å². The molecule has 0 atom stereocenters. The lowest BCUT2D eigenvalue weighted by molar-refractivity contribution is 0.603. The number of hydrogen-bond acceptors (Lipinski definition) is 4. The molecule has 0 aliphatic carbocycles. The van der Waals surface area contributed by atoms with Gasteiger partial charge in [-0.25, -0.2) is 8.42 Å². The van der Waals surface area contributed by atoms with Crippen molar-refractivity contribution >= 4 is 38.6 Å². The van der Waals surface area contributed by atoms with Crippen molar-refractivity contribution in [3.05, 3.63) is 46.3 Å². The maximum Gasteiger partial charge on any atom is 0.271 e. The summed E-state index contributed by atoms with van der Waals surface area (Å²) in [5.74, 6) is 0. The summed E-state index contributed by atoms with van der Waals surface area (Å²) in [6.07, 6.45) is 0. The van der Waals surface area contributed by atoms with E-state index < -0.39 is 10.0 Å². The predicted octanol–water partition coefficient (Wildman–Crippen LogP) is 3.31. The van der Waals surface area contributed by atoms with E-state index in [1.165, 1.54) is 11.3 Å². The van der Waals surface area contributed by atoms with Crippen LogP contribution in [0, 0.1) is 0 Å². The van der Waals surface area contributed by atoms with Gasteiger partial charge in [-0.15, -0.1) is 11.3 Å². The Balaban J connectivity index is 2.16. The van der Waals surface area contributed by atoms with Crippen LogP contribution in [0.1, 0.15) is 11.8 Å². The average molecular weight is 331 g/mol. The van der Waals surface area contributed by atoms with Gasteiger partial charge in [0.25, 0.3) is 10.0 Å². The second kappa shape index (κ2) is 6.58. The molecular formula is C13H15ClN2O2S2. The molecule has 7 heteroatoms. The largest absolute Gasteiger partial charge is 0.312 e. The number of anilines is 1. The van der Waals surface area contributed by atoms with Crippen molar-refractivity contribution < 1.29 is 8.42 Å². The minimum absolute atomic E-state index is 0.297. The fourth-order valence-electron chi connectivity index (χ4n) is 1.60. The monoisotopic (exact) mass is 330 g/mol. The first-order valence-electron chi connectivity index (χ1n) is 6.09. The van der Waals surface area contributed by atoms with Crippen LogP contribution in [-0.2, 0) is 16.6 Å². The molecule has 0 saturated carbocycles. The predicted molar refractivity (Wildman–Crippen MR) is 84.0 cm³/mol. The van der Waals surface area contributed by atoms with Gasteiger partial charge in [0.1, 0.15) is 4.21 Å². The van der Waals surface area contributed by atoms with Gasteiger partial charge in [-0.05, 0) is 36.9 Å². The van der Waals surface area contributed by atoms with E-state index in [0.717, 1.165) is 11.4 Å². The summed E-state index contributed by atoms with van der Waals surface area (Å²) in [7, 11) is -3.55. The van der Waals surface area contributed by atoms with Gasteiger partial charge >= 0.3 is 0 Å². The van der Waals surface area contributed by atoms with Gasteiger partial charge in [-0.2, -0.15) is 0 Å². The van der Waals surface area contributed by atoms with Crippen LogP contribution in [0.15, 0.2) is 40.6 Å². The quantitative estimate of drug-likeness (QED) is 0.854. The van der Waals surface area contributed by atoms with E-state index in [2.05, 4.69) is 10.0 Å². The van der Waals surface area contributed by atoms with Gasteiger partial charge in [-0.3, -0.25) is 4.72 Å². The van der Waals surface area contributed by atoms with Crippen LogP contribution in [-0.4, -0.2) is 15.0 Å². The second-order valence-corrected chi connectivity index (χ2v) is 7.63. The Kier molecular flexibility index (Phi) is 5.04. The Hall–Kier alpha value is -1.08. The molecule has 2 rings (SSSR count). The molecule has 1 aromatic heterocycles. The molecule has 20 heavy (non-hydrogen) atoms. The van der Waals surface area contributed by atoms with E-state index in [0.29, 0.717) is 21.5 Å². The molecule has 0 fully saturated rings. The first-order chi connectivity index (χ1) is 9.51. The summed E-state index contributed by atoms with van der Waals surface area (Å²) in [4.78, 5) is 0.985. The molecule has 1 aromatic carbocycles. The van der Waals surface area contributed by atoms with Crippen LogP contribution in [0.25, 0.3) is 0 Å². The number of rotatable bonds is 6. The first-order valence-corrected chi connectivity index (χ1v) is 8.77. The zero-order valence-electron chi connectivity index (χ0n) is 10.9. The third kappa shape index (κ3) is 3.96. The molecule has 2 N–H and O–H groups in total. The van der Waals surface area contributed by atoms with Crippen LogP contribution in [0.5, 0.6) is 0 Å². The Bertz CT molecular complexity index is 683. The molecule has 0 saturated heterocycles. The van der Waals surface area contributed by atoms with Crippen LogP contribution in [0.4, 0.5) is 5.69 Å². The topological polar surface area (TPSA) is 58.2 Å². The Morgan fingerprint density at radius 2 is 2.05 bits per heavy atom. The molecular weight excluding hydrogens is 316 g/mol. The van der Waals surface area contributed by atoms with Crippen molar-refractivity contribution in [1.82, 2.24) is 5.32 Å². The summed E-state index contributed by atoms with van der Waals surface area (Å²) in [5.41, 5.74) is 0.458. The summed E-state index contributed by atoms with van der Waals surface area (Å²) in [6, 6.07) is 10.1. The van der Waals surface area contributed by atoms with Crippen molar-refractivity contribution in [2.75, 3.05) is 11.3 Å². The summed E-state index contributed by atoms with van der Waals surface area (Å²) < 4.78 is 27.3. The van der Waals surface area contributed by atoms with Gasteiger partial charge in [0.05, 0.1) is 5.69 Å². The smallest absolute Gasteiger partial charge is 0.271 e. The standard InChI is InChI=1S/C13H15ClN2O2S2/c1-2-15-9-12-6-7-13(19-12)20(17,18)16-11-5-3-4-10(14)8-11/h3-8,15-16H,2,9H2,1H3. The van der Waals surface area contributed by atoms with E-state index in [1.54, 1.807) is 30.3 Å². The lowest BCUT2D eigenvalue weighted by Gasteiger charge is -2.06. The maximum absolute atomic E-state index is 12.2. The van der Waals surface area contributed by atoms with Gasteiger partial charge in [0.15, 0.2) is 0 Å². The van der Waals surface area contributed by atoms with E-state index in [9.17, 15) is 8.42 Å². The molecule has 0 amide bonds. The van der Waals surface area contributed by atoms with Crippen LogP contribution in [0.3, 0.4) is 0 Å². The highest BCUT2D eigenvalue weighted by Gasteiger charge is 2.17. The highest BCUT2D eigenvalue weighted by atomic mass is 35.5. The highest BCUT2D eigenvalue weighted by Crippen LogP contribution is 2.25. The van der Waals surface area contributed by atoms with Gasteiger partial charge < -0.3 is 5.32 Å². The summed E-state index contributed by atoms with van der Waals surface area (Å²) >= 11 is 7.10. The van der Waals surface area contributed by atoms with Crippen LogP contribution >= 0.6 is 22.9 Å². The molecule has 1 heterocycles. The number of thiophene rings is 1. The minimum Gasteiger partial charge on any atom is -0.312 e. The molecule has 2 aromatic rings. The lowest BCUT2D eigenvalue weighted by atomic mass is 10.3. The third-order valence-electron chi connectivity index (χ3n) is 2.53. The van der Waals surface area contributed by atoms with Gasteiger partial charge in [0.2, 0.25) is 0 Å². The number of nitrogens with one attached hydrogen (secondary N) is 2. The SMILES string of the molecule is CCNCc1ccc(S(=O)(=O)Nc2cccc(Cl)c2)s1. The van der Waals surface area contributed by atoms with Crippen molar-refractivity contribution in [3.8, 4) is 0 Å². The Morgan fingerprint density at radius 1 is 1.25 bits per heavy atom. The number of hydrogen-bond donors (Lipinski definition) is 2.